The van der Waals surface area contributed by atoms with E-state index in [-0.39, 0.29) is 29.0 Å². The number of amides is 2. The fourth-order valence-electron chi connectivity index (χ4n) is 4.86. The van der Waals surface area contributed by atoms with Gasteiger partial charge in [-0.1, -0.05) is 43.7 Å². The van der Waals surface area contributed by atoms with Crippen LogP contribution >= 0.6 is 0 Å². The molecule has 0 spiro atoms. The number of aromatic nitrogens is 2. The molecule has 0 fully saturated rings. The number of methoxy groups -OCH3 is 1. The molecule has 2 amide bonds. The van der Waals surface area contributed by atoms with Crippen LogP contribution in [0.2, 0.25) is 0 Å². The monoisotopic (exact) mass is 590 g/mol. The second-order valence-corrected chi connectivity index (χ2v) is 10.3. The fraction of sp³-hybridized carbons (Fsp3) is 0.200. The Morgan fingerprint density at radius 2 is 1.77 bits per heavy atom. The zero-order chi connectivity index (χ0) is 31.2. The topological polar surface area (TPSA) is 97.4 Å². The van der Waals surface area contributed by atoms with Crippen LogP contribution in [0.25, 0.3) is 23.0 Å². The lowest BCUT2D eigenvalue weighted by Crippen LogP contribution is -2.42. The van der Waals surface area contributed by atoms with Crippen molar-refractivity contribution in [3.63, 3.8) is 0 Å². The number of carbonyl (C=O) groups is 2. The van der Waals surface area contributed by atoms with E-state index in [4.69, 9.17) is 14.6 Å². The van der Waals surface area contributed by atoms with Gasteiger partial charge in [-0.05, 0) is 73.0 Å². The van der Waals surface area contributed by atoms with Crippen LogP contribution in [0.15, 0.2) is 95.7 Å². The maximum atomic E-state index is 15.1. The van der Waals surface area contributed by atoms with Crippen molar-refractivity contribution in [2.45, 2.75) is 33.2 Å². The number of benzene rings is 3. The fourth-order valence-corrected chi connectivity index (χ4v) is 4.86. The first kappa shape index (κ1) is 30.0. The Bertz CT molecular complexity index is 1800. The molecule has 1 aliphatic rings. The minimum absolute atomic E-state index is 0.0295. The number of carbonyl (C=O) groups excluding carboxylic acids is 2. The van der Waals surface area contributed by atoms with Crippen LogP contribution in [0.1, 0.15) is 37.8 Å². The molecule has 0 radical (unpaired) electrons. The van der Waals surface area contributed by atoms with E-state index in [0.717, 1.165) is 23.4 Å². The molecule has 0 bridgehead atoms. The molecule has 9 heteroatoms. The number of imide groups is 1. The van der Waals surface area contributed by atoms with Crippen molar-refractivity contribution in [1.82, 2.24) is 14.7 Å². The molecule has 44 heavy (non-hydrogen) atoms. The summed E-state index contributed by atoms with van der Waals surface area (Å²) in [6.07, 6.45) is 5.08. The quantitative estimate of drug-likeness (QED) is 0.116. The zero-order valence-electron chi connectivity index (χ0n) is 24.7. The summed E-state index contributed by atoms with van der Waals surface area (Å²) in [6, 6.07) is 23.0. The molecule has 0 atom stereocenters. The highest BCUT2D eigenvalue weighted by Crippen LogP contribution is 2.33. The summed E-state index contributed by atoms with van der Waals surface area (Å²) >= 11 is 0. The highest BCUT2D eigenvalue weighted by Gasteiger charge is 2.35. The lowest BCUT2D eigenvalue weighted by atomic mass is 9.93. The van der Waals surface area contributed by atoms with Crippen LogP contribution in [0.5, 0.6) is 11.5 Å². The first-order valence-corrected chi connectivity index (χ1v) is 14.2. The highest BCUT2D eigenvalue weighted by molar-refractivity contribution is 6.19. The summed E-state index contributed by atoms with van der Waals surface area (Å²) in [6.45, 7) is 3.99. The van der Waals surface area contributed by atoms with Crippen LogP contribution < -0.4 is 9.47 Å². The lowest BCUT2D eigenvalue weighted by Gasteiger charge is -2.27. The lowest BCUT2D eigenvalue weighted by molar-refractivity contribution is -0.141. The molecule has 0 saturated carbocycles. The highest BCUT2D eigenvalue weighted by atomic mass is 19.1. The van der Waals surface area contributed by atoms with Crippen LogP contribution in [0.3, 0.4) is 0 Å². The van der Waals surface area contributed by atoms with Gasteiger partial charge in [0.1, 0.15) is 23.1 Å². The molecule has 3 aromatic carbocycles. The molecular weight excluding hydrogens is 559 g/mol. The van der Waals surface area contributed by atoms with E-state index in [1.54, 1.807) is 67.4 Å². The van der Waals surface area contributed by atoms with E-state index in [1.165, 1.54) is 6.07 Å². The van der Waals surface area contributed by atoms with Gasteiger partial charge in [0.25, 0.3) is 11.8 Å². The standard InChI is InChI=1S/C35H31FN4O4/c1-4-5-17-44-32-16-13-25(19-31(32)36)33-26(22-40(38-33)27-9-7-6-8-10-27)18-29-23(2)30(20-37)35(42)39(34(29)41)21-24-11-14-28(43-3)15-12-24/h6-16,18-19,22H,4-5,17,21H2,1-3H3/b29-18+. The second kappa shape index (κ2) is 13.2. The predicted octanol–water partition coefficient (Wildman–Crippen LogP) is 6.66. The maximum absolute atomic E-state index is 15.1. The number of ether oxygens (including phenoxy) is 2. The zero-order valence-corrected chi connectivity index (χ0v) is 24.7. The number of hydrogen-bond donors (Lipinski definition) is 0. The van der Waals surface area contributed by atoms with Gasteiger partial charge >= 0.3 is 0 Å². The Labute approximate surface area is 255 Å². The van der Waals surface area contributed by atoms with Crippen LogP contribution in [-0.2, 0) is 16.1 Å². The van der Waals surface area contributed by atoms with E-state index in [1.807, 2.05) is 43.3 Å². The van der Waals surface area contributed by atoms with Crippen molar-refractivity contribution >= 4 is 17.9 Å². The Morgan fingerprint density at radius 1 is 1.02 bits per heavy atom. The average Bonchev–Trinajstić information content (AvgIpc) is 3.47. The third-order valence-corrected chi connectivity index (χ3v) is 7.35. The number of para-hydroxylation sites is 1. The van der Waals surface area contributed by atoms with Crippen molar-refractivity contribution in [3.8, 4) is 34.5 Å². The van der Waals surface area contributed by atoms with Gasteiger partial charge in [0, 0.05) is 22.9 Å². The minimum atomic E-state index is -0.663. The van der Waals surface area contributed by atoms with Crippen LogP contribution in [-0.4, -0.2) is 40.2 Å². The third-order valence-electron chi connectivity index (χ3n) is 7.35. The van der Waals surface area contributed by atoms with Crippen LogP contribution in [0.4, 0.5) is 4.39 Å². The summed E-state index contributed by atoms with van der Waals surface area (Å²) in [7, 11) is 1.55. The molecule has 0 saturated heterocycles. The largest absolute Gasteiger partial charge is 0.497 e. The Morgan fingerprint density at radius 3 is 2.43 bits per heavy atom. The average molecular weight is 591 g/mol. The third kappa shape index (κ3) is 6.15. The smallest absolute Gasteiger partial charge is 0.271 e. The summed E-state index contributed by atoms with van der Waals surface area (Å²) in [5.74, 6) is -0.953. The summed E-state index contributed by atoms with van der Waals surface area (Å²) in [5.41, 5.74) is 3.16. The number of rotatable bonds is 10. The number of halogens is 1. The molecule has 1 aliphatic heterocycles. The molecule has 0 unspecified atom stereocenters. The molecule has 2 heterocycles. The van der Waals surface area contributed by atoms with Crippen molar-refractivity contribution < 1.29 is 23.5 Å². The Balaban J connectivity index is 1.59. The van der Waals surface area contributed by atoms with E-state index >= 15 is 4.39 Å². The Hall–Kier alpha value is -5.49. The SMILES string of the molecule is CCCCOc1ccc(-c2nn(-c3ccccc3)cc2/C=C2/C(=O)N(Cc3ccc(OC)cc3)C(=O)C(C#N)=C2C)cc1F. The first-order valence-electron chi connectivity index (χ1n) is 14.2. The van der Waals surface area contributed by atoms with Gasteiger partial charge in [-0.15, -0.1) is 0 Å². The molecule has 4 aromatic rings. The maximum Gasteiger partial charge on any atom is 0.271 e. The molecule has 1 aromatic heterocycles. The van der Waals surface area contributed by atoms with Crippen molar-refractivity contribution in [1.29, 1.82) is 5.26 Å². The van der Waals surface area contributed by atoms with E-state index in [0.29, 0.717) is 34.7 Å². The van der Waals surface area contributed by atoms with Gasteiger partial charge in [-0.2, -0.15) is 10.4 Å². The van der Waals surface area contributed by atoms with E-state index in [2.05, 4.69) is 0 Å². The Kier molecular flexibility index (Phi) is 9.01. The van der Waals surface area contributed by atoms with Gasteiger partial charge in [0.05, 0.1) is 25.9 Å². The molecule has 0 aliphatic carbocycles. The molecule has 8 nitrogen and oxygen atoms in total. The number of hydrogen-bond acceptors (Lipinski definition) is 6. The molecular formula is C35H31FN4O4. The predicted molar refractivity (Wildman–Crippen MR) is 164 cm³/mol. The van der Waals surface area contributed by atoms with Gasteiger partial charge in [-0.25, -0.2) is 9.07 Å². The van der Waals surface area contributed by atoms with Gasteiger partial charge in [0.2, 0.25) is 0 Å². The number of nitriles is 1. The van der Waals surface area contributed by atoms with E-state index in [9.17, 15) is 14.9 Å². The minimum Gasteiger partial charge on any atom is -0.497 e. The van der Waals surface area contributed by atoms with E-state index < -0.39 is 17.6 Å². The normalized spacial score (nSPS) is 14.2. The second-order valence-electron chi connectivity index (χ2n) is 10.3. The summed E-state index contributed by atoms with van der Waals surface area (Å²) < 4.78 is 27.6. The molecule has 222 valence electrons. The molecule has 0 N–H and O–H groups in total. The van der Waals surface area contributed by atoms with Gasteiger partial charge < -0.3 is 9.47 Å². The van der Waals surface area contributed by atoms with Crippen molar-refractivity contribution in [2.75, 3.05) is 13.7 Å². The first-order chi connectivity index (χ1) is 21.3. The number of unbranched alkanes of at least 4 members (excludes halogenated alkanes) is 1. The van der Waals surface area contributed by atoms with Crippen LogP contribution in [0, 0.1) is 17.1 Å². The van der Waals surface area contributed by atoms with Gasteiger partial charge in [0.15, 0.2) is 11.6 Å². The number of nitrogens with zero attached hydrogens (tertiary/aromatic N) is 4. The summed E-state index contributed by atoms with van der Waals surface area (Å²) in [4.78, 5) is 28.2. The van der Waals surface area contributed by atoms with Crippen molar-refractivity contribution in [2.24, 2.45) is 0 Å². The van der Waals surface area contributed by atoms with Crippen molar-refractivity contribution in [3.05, 3.63) is 113 Å². The molecule has 5 rings (SSSR count). The van der Waals surface area contributed by atoms with Gasteiger partial charge in [-0.3, -0.25) is 14.5 Å². The summed E-state index contributed by atoms with van der Waals surface area (Å²) in [5, 5.41) is 14.6.